The summed E-state index contributed by atoms with van der Waals surface area (Å²) in [5.41, 5.74) is 1.54. The average Bonchev–Trinajstić information content (AvgIpc) is 3.01. The number of nitrogens with zero attached hydrogens (tertiary/aromatic N) is 4. The molecule has 0 saturated heterocycles. The van der Waals surface area contributed by atoms with Crippen LogP contribution in [-0.2, 0) is 0 Å². The van der Waals surface area contributed by atoms with E-state index in [1.54, 1.807) is 22.8 Å². The molecular weight excluding hydrogens is 264 g/mol. The summed E-state index contributed by atoms with van der Waals surface area (Å²) in [5.74, 6) is -0.0741. The van der Waals surface area contributed by atoms with Gasteiger partial charge < -0.3 is 4.90 Å². The molecule has 1 unspecified atom stereocenters. The fraction of sp³-hybridized carbons (Fsp3) is 0.438. The first-order valence-corrected chi connectivity index (χ1v) is 7.35. The van der Waals surface area contributed by atoms with E-state index in [0.717, 1.165) is 24.9 Å². The van der Waals surface area contributed by atoms with Gasteiger partial charge in [-0.15, -0.1) is 5.10 Å². The lowest BCUT2D eigenvalue weighted by Crippen LogP contribution is -2.28. The Kier molecular flexibility index (Phi) is 5.09. The quantitative estimate of drug-likeness (QED) is 0.820. The lowest BCUT2D eigenvalue weighted by molar-refractivity contribution is 0.0787. The summed E-state index contributed by atoms with van der Waals surface area (Å²) >= 11 is 0. The van der Waals surface area contributed by atoms with E-state index in [1.807, 2.05) is 37.3 Å². The van der Waals surface area contributed by atoms with E-state index >= 15 is 0 Å². The molecule has 0 fully saturated rings. The van der Waals surface area contributed by atoms with Crippen molar-refractivity contribution in [3.8, 4) is 0 Å². The molecule has 1 heterocycles. The molecule has 0 aliphatic rings. The Morgan fingerprint density at radius 2 is 2.05 bits per heavy atom. The summed E-state index contributed by atoms with van der Waals surface area (Å²) in [7, 11) is 1.80. The molecule has 112 valence electrons. The third kappa shape index (κ3) is 3.68. The maximum absolute atomic E-state index is 12.2. The van der Waals surface area contributed by atoms with Crippen LogP contribution in [0.5, 0.6) is 0 Å². The fourth-order valence-electron chi connectivity index (χ4n) is 2.14. The number of amides is 1. The first-order valence-electron chi connectivity index (χ1n) is 7.35. The van der Waals surface area contributed by atoms with Gasteiger partial charge in [0.25, 0.3) is 5.91 Å². The van der Waals surface area contributed by atoms with Gasteiger partial charge in [-0.1, -0.05) is 48.9 Å². The Labute approximate surface area is 125 Å². The molecule has 0 radical (unpaired) electrons. The van der Waals surface area contributed by atoms with Crippen LogP contribution in [0.4, 0.5) is 0 Å². The van der Waals surface area contributed by atoms with Crippen LogP contribution in [0.15, 0.2) is 36.5 Å². The third-order valence-electron chi connectivity index (χ3n) is 3.60. The number of rotatable bonds is 6. The molecule has 1 aromatic heterocycles. The first kappa shape index (κ1) is 15.2. The summed E-state index contributed by atoms with van der Waals surface area (Å²) in [6.07, 6.45) is 3.79. The van der Waals surface area contributed by atoms with E-state index in [0.29, 0.717) is 5.69 Å². The molecular formula is C16H22N4O. The van der Waals surface area contributed by atoms with Crippen molar-refractivity contribution in [1.29, 1.82) is 0 Å². The van der Waals surface area contributed by atoms with Gasteiger partial charge in [-0.2, -0.15) is 0 Å². The van der Waals surface area contributed by atoms with Gasteiger partial charge in [0.15, 0.2) is 5.69 Å². The van der Waals surface area contributed by atoms with Crippen LogP contribution in [0.2, 0.25) is 0 Å². The molecule has 0 spiro atoms. The Balaban J connectivity index is 2.09. The van der Waals surface area contributed by atoms with E-state index < -0.39 is 0 Å². The van der Waals surface area contributed by atoms with E-state index in [2.05, 4.69) is 17.2 Å². The second kappa shape index (κ2) is 7.02. The Morgan fingerprint density at radius 1 is 1.33 bits per heavy atom. The van der Waals surface area contributed by atoms with Gasteiger partial charge in [-0.05, 0) is 18.9 Å². The molecule has 5 heteroatoms. The standard InChI is InChI=1S/C16H22N4O/c1-4-5-11-19(3)16(21)15-12-20(18-17-15)13(2)14-9-7-6-8-10-14/h6-10,12-13H,4-5,11H2,1-3H3. The SMILES string of the molecule is CCCCN(C)C(=O)c1cn(C(C)c2ccccc2)nn1. The van der Waals surface area contributed by atoms with Crippen LogP contribution < -0.4 is 0 Å². The molecule has 5 nitrogen and oxygen atoms in total. The molecule has 2 rings (SSSR count). The number of aromatic nitrogens is 3. The summed E-state index contributed by atoms with van der Waals surface area (Å²) in [6, 6.07) is 10.1. The van der Waals surface area contributed by atoms with Crippen molar-refractivity contribution in [3.63, 3.8) is 0 Å². The molecule has 0 saturated carbocycles. The summed E-state index contributed by atoms with van der Waals surface area (Å²) < 4.78 is 1.73. The van der Waals surface area contributed by atoms with Gasteiger partial charge in [0, 0.05) is 13.6 Å². The van der Waals surface area contributed by atoms with E-state index in [9.17, 15) is 4.79 Å². The van der Waals surface area contributed by atoms with Crippen LogP contribution in [0.1, 0.15) is 48.8 Å². The lowest BCUT2D eigenvalue weighted by Gasteiger charge is -2.14. The molecule has 0 aliphatic carbocycles. The van der Waals surface area contributed by atoms with Gasteiger partial charge in [0.2, 0.25) is 0 Å². The average molecular weight is 286 g/mol. The Hall–Kier alpha value is -2.17. The van der Waals surface area contributed by atoms with Gasteiger partial charge in [-0.3, -0.25) is 4.79 Å². The van der Waals surface area contributed by atoms with Crippen molar-refractivity contribution < 1.29 is 4.79 Å². The summed E-state index contributed by atoms with van der Waals surface area (Å²) in [5, 5.41) is 8.11. The maximum atomic E-state index is 12.2. The highest BCUT2D eigenvalue weighted by atomic mass is 16.2. The number of carbonyl (C=O) groups is 1. The molecule has 1 aromatic carbocycles. The minimum atomic E-state index is -0.0741. The van der Waals surface area contributed by atoms with E-state index in [-0.39, 0.29) is 11.9 Å². The highest BCUT2D eigenvalue weighted by molar-refractivity contribution is 5.91. The number of benzene rings is 1. The highest BCUT2D eigenvalue weighted by Crippen LogP contribution is 2.16. The highest BCUT2D eigenvalue weighted by Gasteiger charge is 2.17. The van der Waals surface area contributed by atoms with Gasteiger partial charge in [0.1, 0.15) is 0 Å². The number of hydrogen-bond donors (Lipinski definition) is 0. The molecule has 2 aromatic rings. The van der Waals surface area contributed by atoms with Crippen LogP contribution in [0.25, 0.3) is 0 Å². The molecule has 0 bridgehead atoms. The van der Waals surface area contributed by atoms with Gasteiger partial charge in [0.05, 0.1) is 12.2 Å². The predicted octanol–water partition coefficient (Wildman–Crippen LogP) is 2.76. The second-order valence-electron chi connectivity index (χ2n) is 5.25. The molecule has 1 amide bonds. The second-order valence-corrected chi connectivity index (χ2v) is 5.25. The van der Waals surface area contributed by atoms with Crippen molar-refractivity contribution >= 4 is 5.91 Å². The largest absolute Gasteiger partial charge is 0.340 e. The number of unbranched alkanes of at least 4 members (excludes halogenated alkanes) is 1. The smallest absolute Gasteiger partial charge is 0.275 e. The maximum Gasteiger partial charge on any atom is 0.275 e. The topological polar surface area (TPSA) is 51.0 Å². The van der Waals surface area contributed by atoms with Crippen LogP contribution in [-0.4, -0.2) is 39.4 Å². The van der Waals surface area contributed by atoms with Crippen molar-refractivity contribution in [2.24, 2.45) is 0 Å². The summed E-state index contributed by atoms with van der Waals surface area (Å²) in [4.78, 5) is 13.9. The van der Waals surface area contributed by atoms with E-state index in [1.165, 1.54) is 0 Å². The minimum Gasteiger partial charge on any atom is -0.340 e. The number of carbonyl (C=O) groups excluding carboxylic acids is 1. The van der Waals surface area contributed by atoms with Crippen molar-refractivity contribution in [2.75, 3.05) is 13.6 Å². The molecule has 1 atom stereocenters. The van der Waals surface area contributed by atoms with E-state index in [4.69, 9.17) is 0 Å². The zero-order chi connectivity index (χ0) is 15.2. The zero-order valence-electron chi connectivity index (χ0n) is 12.9. The predicted molar refractivity (Wildman–Crippen MR) is 82.1 cm³/mol. The van der Waals surface area contributed by atoms with Crippen molar-refractivity contribution in [2.45, 2.75) is 32.7 Å². The Bertz CT molecular complexity index is 579. The fourth-order valence-corrected chi connectivity index (χ4v) is 2.14. The lowest BCUT2D eigenvalue weighted by atomic mass is 10.1. The zero-order valence-corrected chi connectivity index (χ0v) is 12.9. The minimum absolute atomic E-state index is 0.0567. The van der Waals surface area contributed by atoms with Crippen LogP contribution in [0.3, 0.4) is 0 Å². The van der Waals surface area contributed by atoms with Crippen molar-refractivity contribution in [3.05, 3.63) is 47.8 Å². The van der Waals surface area contributed by atoms with Crippen LogP contribution >= 0.6 is 0 Å². The van der Waals surface area contributed by atoms with Crippen LogP contribution in [0, 0.1) is 0 Å². The molecule has 0 N–H and O–H groups in total. The van der Waals surface area contributed by atoms with Crippen molar-refractivity contribution in [1.82, 2.24) is 19.9 Å². The Morgan fingerprint density at radius 3 is 2.71 bits per heavy atom. The first-order chi connectivity index (χ1) is 10.1. The monoisotopic (exact) mass is 286 g/mol. The number of hydrogen-bond acceptors (Lipinski definition) is 3. The normalized spacial score (nSPS) is 12.1. The molecule has 0 aliphatic heterocycles. The van der Waals surface area contributed by atoms with Gasteiger partial charge in [-0.25, -0.2) is 4.68 Å². The third-order valence-corrected chi connectivity index (χ3v) is 3.60. The summed E-state index contributed by atoms with van der Waals surface area (Å²) in [6.45, 7) is 4.89. The molecule has 21 heavy (non-hydrogen) atoms. The van der Waals surface area contributed by atoms with Gasteiger partial charge >= 0.3 is 0 Å².